The number of furan rings is 1. The van der Waals surface area contributed by atoms with Gasteiger partial charge in [-0.1, -0.05) is 18.2 Å². The van der Waals surface area contributed by atoms with Crippen LogP contribution in [0.5, 0.6) is 0 Å². The number of ether oxygens (including phenoxy) is 1. The fourth-order valence-corrected chi connectivity index (χ4v) is 2.90. The molecule has 0 atom stereocenters. The third-order valence-corrected chi connectivity index (χ3v) is 4.06. The van der Waals surface area contributed by atoms with E-state index in [0.717, 1.165) is 16.5 Å². The van der Waals surface area contributed by atoms with Crippen molar-refractivity contribution >= 4 is 27.8 Å². The van der Waals surface area contributed by atoms with Crippen LogP contribution in [0, 0.1) is 0 Å². The first-order valence-electron chi connectivity index (χ1n) is 7.70. The molecule has 0 bridgehead atoms. The molecule has 0 N–H and O–H groups in total. The Morgan fingerprint density at radius 3 is 2.96 bits per heavy atom. The monoisotopic (exact) mass is 339 g/mol. The summed E-state index contributed by atoms with van der Waals surface area (Å²) in [5.74, 6) is -0.551. The lowest BCUT2D eigenvalue weighted by molar-refractivity contribution is 0.0594. The number of benzene rings is 1. The summed E-state index contributed by atoms with van der Waals surface area (Å²) in [4.78, 5) is 15.9. The van der Waals surface area contributed by atoms with Crippen LogP contribution in [0.25, 0.3) is 33.1 Å². The molecule has 7 heteroatoms. The summed E-state index contributed by atoms with van der Waals surface area (Å²) in [6.07, 6.45) is 3.18. The molecular weight excluding hydrogens is 325 g/mol. The number of fused-ring (bicyclic) bond motifs is 2. The molecule has 0 radical (unpaired) electrons. The summed E-state index contributed by atoms with van der Waals surface area (Å²) in [5.41, 5.74) is 2.94. The molecule has 0 unspecified atom stereocenters. The Kier molecular flexibility index (Phi) is 3.68. The molecule has 0 aliphatic rings. The molecule has 0 amide bonds. The van der Waals surface area contributed by atoms with Crippen molar-refractivity contribution in [2.75, 3.05) is 13.8 Å². The lowest BCUT2D eigenvalue weighted by atomic mass is 10.1. The number of esters is 1. The number of para-hydroxylation sites is 1. The first kappa shape index (κ1) is 15.3. The number of aromatic nitrogens is 3. The smallest absolute Gasteiger partial charge is 0.356 e. The highest BCUT2D eigenvalue weighted by Gasteiger charge is 2.19. The van der Waals surface area contributed by atoms with Crippen LogP contribution in [-0.2, 0) is 11.3 Å². The third-order valence-electron chi connectivity index (χ3n) is 4.06. The fourth-order valence-electron chi connectivity index (χ4n) is 2.90. The van der Waals surface area contributed by atoms with Crippen molar-refractivity contribution < 1.29 is 18.3 Å². The first-order chi connectivity index (χ1) is 12.2. The van der Waals surface area contributed by atoms with Gasteiger partial charge in [-0.2, -0.15) is 5.10 Å². The van der Waals surface area contributed by atoms with E-state index in [1.807, 2.05) is 24.3 Å². The van der Waals surface area contributed by atoms with Gasteiger partial charge in [0.2, 0.25) is 0 Å². The van der Waals surface area contributed by atoms with E-state index in [1.54, 1.807) is 18.5 Å². The molecule has 126 valence electrons. The highest BCUT2D eigenvalue weighted by atomic mass is 19.1. The zero-order valence-corrected chi connectivity index (χ0v) is 13.4. The Balaban J connectivity index is 1.96. The predicted molar refractivity (Wildman–Crippen MR) is 90.1 cm³/mol. The van der Waals surface area contributed by atoms with Crippen LogP contribution in [0.4, 0.5) is 4.39 Å². The Bertz CT molecular complexity index is 1080. The maximum absolute atomic E-state index is 13.0. The molecule has 1 aromatic carbocycles. The van der Waals surface area contributed by atoms with Gasteiger partial charge in [0, 0.05) is 22.5 Å². The maximum Gasteiger partial charge on any atom is 0.356 e. The summed E-state index contributed by atoms with van der Waals surface area (Å²) in [6, 6.07) is 9.17. The number of carbonyl (C=O) groups is 1. The number of hydrogen-bond acceptors (Lipinski definition) is 5. The summed E-state index contributed by atoms with van der Waals surface area (Å²) < 4.78 is 24.8. The van der Waals surface area contributed by atoms with E-state index in [4.69, 9.17) is 9.15 Å². The first-order valence-corrected chi connectivity index (χ1v) is 7.70. The summed E-state index contributed by atoms with van der Waals surface area (Å²) in [7, 11) is 1.29. The second-order valence-electron chi connectivity index (χ2n) is 5.48. The van der Waals surface area contributed by atoms with Gasteiger partial charge in [0.15, 0.2) is 5.69 Å². The normalized spacial score (nSPS) is 11.3. The fraction of sp³-hybridized carbons (Fsp3) is 0.167. The third kappa shape index (κ3) is 2.44. The van der Waals surface area contributed by atoms with Gasteiger partial charge in [0.05, 0.1) is 19.2 Å². The molecule has 3 heterocycles. The van der Waals surface area contributed by atoms with Crippen molar-refractivity contribution in [3.8, 4) is 11.3 Å². The molecule has 25 heavy (non-hydrogen) atoms. The van der Waals surface area contributed by atoms with Gasteiger partial charge in [-0.25, -0.2) is 14.2 Å². The molecule has 4 aromatic rings. The van der Waals surface area contributed by atoms with Gasteiger partial charge in [-0.3, -0.25) is 4.68 Å². The molecule has 3 aromatic heterocycles. The van der Waals surface area contributed by atoms with Crippen LogP contribution in [0.2, 0.25) is 0 Å². The summed E-state index contributed by atoms with van der Waals surface area (Å²) >= 11 is 0. The molecule has 0 spiro atoms. The van der Waals surface area contributed by atoms with E-state index >= 15 is 0 Å². The number of pyridine rings is 1. The highest BCUT2D eigenvalue weighted by Crippen LogP contribution is 2.34. The van der Waals surface area contributed by atoms with Crippen molar-refractivity contribution in [1.82, 2.24) is 14.8 Å². The Morgan fingerprint density at radius 2 is 2.16 bits per heavy atom. The molecule has 0 aliphatic heterocycles. The van der Waals surface area contributed by atoms with Crippen LogP contribution < -0.4 is 0 Å². The SMILES string of the molecule is COC(=O)c1cc2c(cn1)c(-c1coc3ccccc13)nn2CCF. The van der Waals surface area contributed by atoms with Crippen molar-refractivity contribution in [3.63, 3.8) is 0 Å². The number of nitrogens with zero attached hydrogens (tertiary/aromatic N) is 3. The van der Waals surface area contributed by atoms with Gasteiger partial charge in [0.25, 0.3) is 0 Å². The van der Waals surface area contributed by atoms with Crippen LogP contribution in [-0.4, -0.2) is 34.5 Å². The van der Waals surface area contributed by atoms with Crippen molar-refractivity contribution in [2.45, 2.75) is 6.54 Å². The van der Waals surface area contributed by atoms with Gasteiger partial charge < -0.3 is 9.15 Å². The van der Waals surface area contributed by atoms with Gasteiger partial charge in [-0.15, -0.1) is 0 Å². The van der Waals surface area contributed by atoms with E-state index in [2.05, 4.69) is 10.1 Å². The zero-order valence-electron chi connectivity index (χ0n) is 13.4. The second-order valence-corrected chi connectivity index (χ2v) is 5.48. The molecule has 6 nitrogen and oxygen atoms in total. The average Bonchev–Trinajstić information content (AvgIpc) is 3.22. The van der Waals surface area contributed by atoms with Crippen LogP contribution in [0.15, 0.2) is 47.2 Å². The Hall–Kier alpha value is -3.22. The minimum atomic E-state index is -0.571. The molecule has 4 rings (SSSR count). The summed E-state index contributed by atoms with van der Waals surface area (Å²) in [6.45, 7) is -0.491. The van der Waals surface area contributed by atoms with Gasteiger partial charge in [0.1, 0.15) is 24.2 Å². The number of hydrogen-bond donors (Lipinski definition) is 0. The maximum atomic E-state index is 13.0. The number of halogens is 1. The van der Waals surface area contributed by atoms with E-state index < -0.39 is 12.6 Å². The minimum Gasteiger partial charge on any atom is -0.464 e. The van der Waals surface area contributed by atoms with Crippen molar-refractivity contribution in [2.24, 2.45) is 0 Å². The Labute approximate surface area is 141 Å². The highest BCUT2D eigenvalue weighted by molar-refractivity contribution is 6.03. The Morgan fingerprint density at radius 1 is 1.32 bits per heavy atom. The topological polar surface area (TPSA) is 70.2 Å². The molecular formula is C18H14FN3O3. The molecule has 0 aliphatic carbocycles. The number of aryl methyl sites for hydroxylation is 1. The number of alkyl halides is 1. The van der Waals surface area contributed by atoms with E-state index in [0.29, 0.717) is 16.6 Å². The van der Waals surface area contributed by atoms with Crippen LogP contribution in [0.3, 0.4) is 0 Å². The standard InChI is InChI=1S/C18H14FN3O3/c1-24-18(23)14-8-15-12(9-20-14)17(21-22(15)7-6-19)13-10-25-16-5-3-2-4-11(13)16/h2-5,8-10H,6-7H2,1H3. The lowest BCUT2D eigenvalue weighted by Gasteiger charge is -2.01. The lowest BCUT2D eigenvalue weighted by Crippen LogP contribution is -2.06. The molecule has 0 fully saturated rings. The average molecular weight is 339 g/mol. The number of carbonyl (C=O) groups excluding carboxylic acids is 1. The van der Waals surface area contributed by atoms with Crippen LogP contribution >= 0.6 is 0 Å². The minimum absolute atomic E-state index is 0.0803. The van der Waals surface area contributed by atoms with Crippen molar-refractivity contribution in [3.05, 3.63) is 48.5 Å². The van der Waals surface area contributed by atoms with Crippen molar-refractivity contribution in [1.29, 1.82) is 0 Å². The summed E-state index contributed by atoms with van der Waals surface area (Å²) in [5, 5.41) is 6.15. The van der Waals surface area contributed by atoms with E-state index in [-0.39, 0.29) is 12.2 Å². The number of rotatable bonds is 4. The van der Waals surface area contributed by atoms with Crippen LogP contribution in [0.1, 0.15) is 10.5 Å². The molecule has 0 saturated carbocycles. The van der Waals surface area contributed by atoms with Gasteiger partial charge >= 0.3 is 5.97 Å². The van der Waals surface area contributed by atoms with E-state index in [9.17, 15) is 9.18 Å². The van der Waals surface area contributed by atoms with Gasteiger partial charge in [-0.05, 0) is 12.1 Å². The largest absolute Gasteiger partial charge is 0.464 e. The molecule has 0 saturated heterocycles. The predicted octanol–water partition coefficient (Wildman–Crippen LogP) is 3.60. The quantitative estimate of drug-likeness (QED) is 0.531. The number of methoxy groups -OCH3 is 1. The zero-order chi connectivity index (χ0) is 17.4. The second kappa shape index (κ2) is 6.01. The van der Waals surface area contributed by atoms with E-state index in [1.165, 1.54) is 11.8 Å².